The largest absolute Gasteiger partial charge is 0.431 e. The van der Waals surface area contributed by atoms with Gasteiger partial charge in [-0.05, 0) is 12.1 Å². The SMILES string of the molecule is Clc1csc(Sc2nc3ccccc3o2)n1. The van der Waals surface area contributed by atoms with E-state index in [-0.39, 0.29) is 0 Å². The molecule has 0 radical (unpaired) electrons. The second kappa shape index (κ2) is 4.08. The molecule has 0 spiro atoms. The number of aromatic nitrogens is 2. The van der Waals surface area contributed by atoms with E-state index in [0.29, 0.717) is 10.4 Å². The Morgan fingerprint density at radius 3 is 2.88 bits per heavy atom. The minimum Gasteiger partial charge on any atom is -0.431 e. The molecule has 0 N–H and O–H groups in total. The van der Waals surface area contributed by atoms with Crippen LogP contribution in [0.4, 0.5) is 0 Å². The Morgan fingerprint density at radius 2 is 2.12 bits per heavy atom. The van der Waals surface area contributed by atoms with Crippen LogP contribution < -0.4 is 0 Å². The van der Waals surface area contributed by atoms with Crippen LogP contribution in [0.1, 0.15) is 0 Å². The fraction of sp³-hybridized carbons (Fsp3) is 0. The minimum absolute atomic E-state index is 0.503. The second-order valence-corrected chi connectivity index (χ2v) is 5.43. The fourth-order valence-corrected chi connectivity index (χ4v) is 3.09. The summed E-state index contributed by atoms with van der Waals surface area (Å²) in [5, 5.41) is 2.88. The first-order valence-electron chi connectivity index (χ1n) is 4.46. The number of fused-ring (bicyclic) bond motifs is 1. The van der Waals surface area contributed by atoms with Crippen LogP contribution in [0.5, 0.6) is 0 Å². The number of nitrogens with zero attached hydrogens (tertiary/aromatic N) is 2. The standard InChI is InChI=1S/C10H5ClN2OS2/c11-8-5-15-10(13-8)16-9-12-6-3-1-2-4-7(6)14-9/h1-5H. The molecule has 80 valence electrons. The quantitative estimate of drug-likeness (QED) is 0.702. The molecular formula is C10H5ClN2OS2. The van der Waals surface area contributed by atoms with Gasteiger partial charge in [-0.2, -0.15) is 0 Å². The molecule has 2 aromatic heterocycles. The molecule has 0 bridgehead atoms. The van der Waals surface area contributed by atoms with Gasteiger partial charge in [-0.1, -0.05) is 23.7 Å². The van der Waals surface area contributed by atoms with Crippen LogP contribution in [0.3, 0.4) is 0 Å². The van der Waals surface area contributed by atoms with Gasteiger partial charge in [-0.3, -0.25) is 0 Å². The summed E-state index contributed by atoms with van der Waals surface area (Å²) in [6, 6.07) is 7.65. The lowest BCUT2D eigenvalue weighted by Gasteiger charge is -1.87. The summed E-state index contributed by atoms with van der Waals surface area (Å²) >= 11 is 8.59. The van der Waals surface area contributed by atoms with Crippen LogP contribution in [0, 0.1) is 0 Å². The lowest BCUT2D eigenvalue weighted by atomic mass is 10.3. The average Bonchev–Trinajstić information content (AvgIpc) is 2.84. The number of halogens is 1. The Hall–Kier alpha value is -1.04. The van der Waals surface area contributed by atoms with Crippen molar-refractivity contribution in [2.24, 2.45) is 0 Å². The predicted octanol–water partition coefficient (Wildman–Crippen LogP) is 4.09. The molecule has 0 unspecified atom stereocenters. The molecule has 0 atom stereocenters. The van der Waals surface area contributed by atoms with Gasteiger partial charge in [0.2, 0.25) is 0 Å². The maximum absolute atomic E-state index is 5.74. The van der Waals surface area contributed by atoms with E-state index in [1.807, 2.05) is 24.3 Å². The van der Waals surface area contributed by atoms with E-state index >= 15 is 0 Å². The molecule has 0 aliphatic heterocycles. The maximum Gasteiger partial charge on any atom is 0.263 e. The number of hydrogen-bond donors (Lipinski definition) is 0. The van der Waals surface area contributed by atoms with Gasteiger partial charge in [0.25, 0.3) is 5.22 Å². The predicted molar refractivity (Wildman–Crippen MR) is 65.3 cm³/mol. The number of oxazole rings is 1. The Labute approximate surface area is 104 Å². The summed E-state index contributed by atoms with van der Waals surface area (Å²) in [7, 11) is 0. The highest BCUT2D eigenvalue weighted by Gasteiger charge is 2.09. The first-order valence-corrected chi connectivity index (χ1v) is 6.53. The van der Waals surface area contributed by atoms with Crippen molar-refractivity contribution in [3.63, 3.8) is 0 Å². The lowest BCUT2D eigenvalue weighted by Crippen LogP contribution is -1.70. The monoisotopic (exact) mass is 268 g/mol. The van der Waals surface area contributed by atoms with Gasteiger partial charge in [0.15, 0.2) is 9.92 Å². The van der Waals surface area contributed by atoms with Crippen LogP contribution in [0.2, 0.25) is 5.15 Å². The smallest absolute Gasteiger partial charge is 0.263 e. The Kier molecular flexibility index (Phi) is 2.59. The van der Waals surface area contributed by atoms with Crippen molar-refractivity contribution in [2.45, 2.75) is 9.56 Å². The molecular weight excluding hydrogens is 264 g/mol. The van der Waals surface area contributed by atoms with Crippen LogP contribution in [-0.2, 0) is 0 Å². The highest BCUT2D eigenvalue weighted by molar-refractivity contribution is 8.00. The van der Waals surface area contributed by atoms with Crippen molar-refractivity contribution in [1.29, 1.82) is 0 Å². The number of rotatable bonds is 2. The van der Waals surface area contributed by atoms with E-state index in [1.165, 1.54) is 23.1 Å². The van der Waals surface area contributed by atoms with E-state index in [9.17, 15) is 0 Å². The van der Waals surface area contributed by atoms with E-state index in [4.69, 9.17) is 16.0 Å². The zero-order valence-corrected chi connectivity index (χ0v) is 10.3. The van der Waals surface area contributed by atoms with Gasteiger partial charge in [0.05, 0.1) is 0 Å². The second-order valence-electron chi connectivity index (χ2n) is 2.99. The number of hydrogen-bond acceptors (Lipinski definition) is 5. The van der Waals surface area contributed by atoms with Gasteiger partial charge in [0, 0.05) is 17.1 Å². The zero-order valence-electron chi connectivity index (χ0n) is 7.88. The molecule has 0 saturated heterocycles. The van der Waals surface area contributed by atoms with Crippen molar-refractivity contribution in [1.82, 2.24) is 9.97 Å². The molecule has 3 rings (SSSR count). The zero-order chi connectivity index (χ0) is 11.0. The summed E-state index contributed by atoms with van der Waals surface area (Å²) in [5.41, 5.74) is 1.64. The molecule has 1 aromatic carbocycles. The van der Waals surface area contributed by atoms with Gasteiger partial charge in [0.1, 0.15) is 10.7 Å². The maximum atomic E-state index is 5.74. The highest BCUT2D eigenvalue weighted by Crippen LogP contribution is 2.32. The van der Waals surface area contributed by atoms with Gasteiger partial charge in [-0.15, -0.1) is 11.3 Å². The minimum atomic E-state index is 0.503. The van der Waals surface area contributed by atoms with Crippen molar-refractivity contribution < 1.29 is 4.42 Å². The lowest BCUT2D eigenvalue weighted by molar-refractivity contribution is 0.489. The Balaban J connectivity index is 1.95. The van der Waals surface area contributed by atoms with Gasteiger partial charge in [-0.25, -0.2) is 9.97 Å². The molecule has 0 aliphatic carbocycles. The van der Waals surface area contributed by atoms with E-state index < -0.39 is 0 Å². The molecule has 0 aliphatic rings. The number of benzene rings is 1. The first kappa shape index (κ1) is 10.1. The van der Waals surface area contributed by atoms with Crippen molar-refractivity contribution in [2.75, 3.05) is 0 Å². The third-order valence-corrected chi connectivity index (χ3v) is 4.01. The van der Waals surface area contributed by atoms with Crippen molar-refractivity contribution >= 4 is 45.8 Å². The molecule has 3 nitrogen and oxygen atoms in total. The van der Waals surface area contributed by atoms with Crippen LogP contribution >= 0.6 is 34.7 Å². The van der Waals surface area contributed by atoms with Crippen LogP contribution in [0.15, 0.2) is 43.6 Å². The highest BCUT2D eigenvalue weighted by atomic mass is 35.5. The molecule has 0 saturated carbocycles. The summed E-state index contributed by atoms with van der Waals surface area (Å²) in [4.78, 5) is 8.46. The molecule has 0 fully saturated rings. The number of para-hydroxylation sites is 2. The first-order chi connectivity index (χ1) is 7.81. The molecule has 6 heteroatoms. The Bertz CT molecular complexity index is 601. The van der Waals surface area contributed by atoms with E-state index in [1.54, 1.807) is 5.38 Å². The summed E-state index contributed by atoms with van der Waals surface area (Å²) in [5.74, 6) is 0. The number of thiazole rings is 1. The normalized spacial score (nSPS) is 11.1. The van der Waals surface area contributed by atoms with Gasteiger partial charge >= 0.3 is 0 Å². The summed E-state index contributed by atoms with van der Waals surface area (Å²) in [6.07, 6.45) is 0. The third-order valence-electron chi connectivity index (χ3n) is 1.90. The molecule has 0 amide bonds. The van der Waals surface area contributed by atoms with Crippen molar-refractivity contribution in [3.05, 3.63) is 34.8 Å². The molecule has 2 heterocycles. The topological polar surface area (TPSA) is 38.9 Å². The van der Waals surface area contributed by atoms with Gasteiger partial charge < -0.3 is 4.42 Å². The van der Waals surface area contributed by atoms with Crippen molar-refractivity contribution in [3.8, 4) is 0 Å². The third kappa shape index (κ3) is 1.93. The fourth-order valence-electron chi connectivity index (χ4n) is 1.26. The average molecular weight is 269 g/mol. The molecule has 16 heavy (non-hydrogen) atoms. The van der Waals surface area contributed by atoms with Crippen LogP contribution in [-0.4, -0.2) is 9.97 Å². The molecule has 3 aromatic rings. The summed E-state index contributed by atoms with van der Waals surface area (Å²) < 4.78 is 6.39. The van der Waals surface area contributed by atoms with Crippen LogP contribution in [0.25, 0.3) is 11.1 Å². The van der Waals surface area contributed by atoms with E-state index in [2.05, 4.69) is 9.97 Å². The summed E-state index contributed by atoms with van der Waals surface area (Å²) in [6.45, 7) is 0. The Morgan fingerprint density at radius 1 is 1.25 bits per heavy atom. The van der Waals surface area contributed by atoms with E-state index in [0.717, 1.165) is 15.4 Å².